The highest BCUT2D eigenvalue weighted by atomic mass is 19.4. The van der Waals surface area contributed by atoms with Crippen molar-refractivity contribution >= 4 is 16.5 Å². The van der Waals surface area contributed by atoms with Gasteiger partial charge in [-0.05, 0) is 36.4 Å². The quantitative estimate of drug-likeness (QED) is 0.232. The maximum atomic E-state index is 14.9. The lowest BCUT2D eigenvalue weighted by atomic mass is 10.1. The highest BCUT2D eigenvalue weighted by molar-refractivity contribution is 5.86. The fourth-order valence-corrected chi connectivity index (χ4v) is 4.18. The maximum Gasteiger partial charge on any atom is 0.522 e. The molecule has 0 amide bonds. The van der Waals surface area contributed by atoms with E-state index in [0.29, 0.717) is 18.6 Å². The van der Waals surface area contributed by atoms with Crippen molar-refractivity contribution in [1.29, 1.82) is 0 Å². The molecular weight excluding hydrogens is 622 g/mol. The Morgan fingerprint density at radius 3 is 2.25 bits per heavy atom. The third-order valence-electron chi connectivity index (χ3n) is 6.18. The molecule has 19 heteroatoms. The molecule has 0 aliphatic carbocycles. The number of hydrogen-bond donors (Lipinski definition) is 2. The van der Waals surface area contributed by atoms with Crippen molar-refractivity contribution in [2.75, 3.05) is 11.9 Å². The van der Waals surface area contributed by atoms with Gasteiger partial charge in [0.2, 0.25) is 0 Å². The number of pyridine rings is 1. The van der Waals surface area contributed by atoms with Crippen molar-refractivity contribution in [1.82, 2.24) is 24.7 Å². The van der Waals surface area contributed by atoms with E-state index in [4.69, 9.17) is 0 Å². The number of alkyl halides is 9. The van der Waals surface area contributed by atoms with Gasteiger partial charge in [0.05, 0.1) is 35.0 Å². The molecule has 0 radical (unpaired) electrons. The van der Waals surface area contributed by atoms with Crippen LogP contribution in [0.25, 0.3) is 22.2 Å². The zero-order valence-electron chi connectivity index (χ0n) is 21.7. The molecule has 44 heavy (non-hydrogen) atoms. The van der Waals surface area contributed by atoms with Crippen molar-refractivity contribution in [2.24, 2.45) is 0 Å². The zero-order valence-corrected chi connectivity index (χ0v) is 21.7. The van der Waals surface area contributed by atoms with Gasteiger partial charge in [0.25, 0.3) is 11.1 Å². The average Bonchev–Trinajstić information content (AvgIpc) is 2.91. The van der Waals surface area contributed by atoms with Gasteiger partial charge in [0.15, 0.2) is 5.82 Å². The van der Waals surface area contributed by atoms with Crippen molar-refractivity contribution in [3.63, 3.8) is 0 Å². The fraction of sp³-hybridized carbons (Fsp3) is 0.320. The maximum absolute atomic E-state index is 14.9. The molecule has 0 spiro atoms. The second-order valence-corrected chi connectivity index (χ2v) is 9.25. The first-order valence-corrected chi connectivity index (χ1v) is 12.3. The van der Waals surface area contributed by atoms with Crippen LogP contribution < -0.4 is 16.4 Å². The van der Waals surface area contributed by atoms with Crippen LogP contribution >= 0.6 is 0 Å². The largest absolute Gasteiger partial charge is 0.522 e. The number of ether oxygens (including phenoxy) is 1. The van der Waals surface area contributed by atoms with Crippen molar-refractivity contribution < 1.29 is 48.6 Å². The Bertz CT molecular complexity index is 1750. The lowest BCUT2D eigenvalue weighted by Gasteiger charge is -2.22. The molecule has 0 saturated heterocycles. The standard InChI is InChI=1S/C25H18F10N6O3/c26-17-7-15-12(6-16(17)20-36-8-13(9-37-20)23(27,28)29)3-5-41(22(15)43)4-1-2-14(11-44-25(33,34)35)39-18-10-38-40-21(42)19(18)24(30,31)32/h3,5-10,14H,1-2,4,11H2,(H2,39,40,42)/t14-/m1/s1. The number of rotatable bonds is 9. The second kappa shape index (κ2) is 12.2. The number of aryl methyl sites for hydroxylation is 1. The first-order chi connectivity index (χ1) is 20.4. The predicted molar refractivity (Wildman–Crippen MR) is 133 cm³/mol. The average molecular weight is 640 g/mol. The van der Waals surface area contributed by atoms with E-state index >= 15 is 0 Å². The molecule has 1 aromatic carbocycles. The summed E-state index contributed by atoms with van der Waals surface area (Å²) in [5, 5.41) is 7.06. The number of nitrogens with one attached hydrogen (secondary N) is 2. The van der Waals surface area contributed by atoms with Crippen LogP contribution in [0.2, 0.25) is 0 Å². The first-order valence-electron chi connectivity index (χ1n) is 12.3. The molecule has 4 aromatic rings. The Labute approximate surface area is 238 Å². The normalized spacial score (nSPS) is 13.3. The van der Waals surface area contributed by atoms with E-state index in [1.165, 1.54) is 12.3 Å². The Morgan fingerprint density at radius 2 is 1.64 bits per heavy atom. The Balaban J connectivity index is 1.53. The van der Waals surface area contributed by atoms with Gasteiger partial charge in [-0.25, -0.2) is 19.5 Å². The van der Waals surface area contributed by atoms with Gasteiger partial charge in [-0.1, -0.05) is 0 Å². The van der Waals surface area contributed by atoms with Crippen LogP contribution in [-0.4, -0.2) is 43.7 Å². The van der Waals surface area contributed by atoms with Gasteiger partial charge in [0, 0.05) is 31.2 Å². The van der Waals surface area contributed by atoms with Crippen LogP contribution in [0.4, 0.5) is 49.6 Å². The van der Waals surface area contributed by atoms with E-state index in [1.807, 2.05) is 0 Å². The van der Waals surface area contributed by atoms with Crippen molar-refractivity contribution in [3.05, 3.63) is 80.6 Å². The summed E-state index contributed by atoms with van der Waals surface area (Å²) in [7, 11) is 0. The molecule has 0 aliphatic rings. The summed E-state index contributed by atoms with van der Waals surface area (Å²) in [6.45, 7) is -1.33. The number of anilines is 1. The molecule has 0 unspecified atom stereocenters. The van der Waals surface area contributed by atoms with Gasteiger partial charge in [-0.2, -0.15) is 31.4 Å². The van der Waals surface area contributed by atoms with Gasteiger partial charge >= 0.3 is 18.7 Å². The molecule has 236 valence electrons. The topological polar surface area (TPSA) is 115 Å². The minimum atomic E-state index is -5.17. The fourth-order valence-electron chi connectivity index (χ4n) is 4.18. The molecule has 3 heterocycles. The SMILES string of the molecule is O=c1[nH]ncc(N[C@H](CCCn2ccc3cc(-c4ncc(C(F)(F)F)cn4)c(F)cc3c2=O)COC(F)(F)F)c1C(F)(F)F. The summed E-state index contributed by atoms with van der Waals surface area (Å²) in [4.78, 5) is 31.8. The number of aromatic nitrogens is 5. The van der Waals surface area contributed by atoms with Gasteiger partial charge in [0.1, 0.15) is 11.4 Å². The lowest BCUT2D eigenvalue weighted by Crippen LogP contribution is -2.33. The highest BCUT2D eigenvalue weighted by Gasteiger charge is 2.38. The lowest BCUT2D eigenvalue weighted by molar-refractivity contribution is -0.325. The van der Waals surface area contributed by atoms with E-state index in [-0.39, 0.29) is 41.5 Å². The van der Waals surface area contributed by atoms with Crippen LogP contribution in [-0.2, 0) is 23.6 Å². The van der Waals surface area contributed by atoms with E-state index < -0.39 is 65.1 Å². The molecule has 0 bridgehead atoms. The molecule has 1 atom stereocenters. The van der Waals surface area contributed by atoms with Crippen LogP contribution in [0.3, 0.4) is 0 Å². The molecule has 2 N–H and O–H groups in total. The highest BCUT2D eigenvalue weighted by Crippen LogP contribution is 2.33. The van der Waals surface area contributed by atoms with E-state index in [2.05, 4.69) is 25.1 Å². The molecule has 0 saturated carbocycles. The number of aromatic amines is 1. The third kappa shape index (κ3) is 7.69. The smallest absolute Gasteiger partial charge is 0.378 e. The van der Waals surface area contributed by atoms with Crippen LogP contribution in [0, 0.1) is 5.82 Å². The molecule has 0 fully saturated rings. The number of fused-ring (bicyclic) bond motifs is 1. The zero-order chi connectivity index (χ0) is 32.4. The number of nitrogens with zero attached hydrogens (tertiary/aromatic N) is 4. The molecule has 4 rings (SSSR count). The van der Waals surface area contributed by atoms with Crippen LogP contribution in [0.1, 0.15) is 24.0 Å². The predicted octanol–water partition coefficient (Wildman–Crippen LogP) is 5.52. The molecule has 0 aliphatic heterocycles. The third-order valence-corrected chi connectivity index (χ3v) is 6.18. The van der Waals surface area contributed by atoms with Crippen molar-refractivity contribution in [2.45, 2.75) is 44.1 Å². The Kier molecular flexibility index (Phi) is 8.98. The summed E-state index contributed by atoms with van der Waals surface area (Å²) in [5.41, 5.74) is -6.39. The van der Waals surface area contributed by atoms with E-state index in [0.717, 1.165) is 16.7 Å². The minimum Gasteiger partial charge on any atom is -0.378 e. The minimum absolute atomic E-state index is 0.0950. The monoisotopic (exact) mass is 640 g/mol. The number of hydrogen-bond acceptors (Lipinski definition) is 7. The molecule has 9 nitrogen and oxygen atoms in total. The number of H-pyrrole nitrogens is 1. The first kappa shape index (κ1) is 32.4. The van der Waals surface area contributed by atoms with Gasteiger partial charge < -0.3 is 9.88 Å². The van der Waals surface area contributed by atoms with Crippen LogP contribution in [0.5, 0.6) is 0 Å². The molecule has 3 aromatic heterocycles. The number of halogens is 10. The van der Waals surface area contributed by atoms with Crippen molar-refractivity contribution in [3.8, 4) is 11.4 Å². The Morgan fingerprint density at radius 1 is 0.955 bits per heavy atom. The van der Waals surface area contributed by atoms with E-state index in [1.54, 1.807) is 5.10 Å². The summed E-state index contributed by atoms with van der Waals surface area (Å²) in [5.74, 6) is -1.39. The summed E-state index contributed by atoms with van der Waals surface area (Å²) < 4.78 is 136. The second-order valence-electron chi connectivity index (χ2n) is 9.25. The summed E-state index contributed by atoms with van der Waals surface area (Å²) in [6, 6.07) is 1.91. The summed E-state index contributed by atoms with van der Waals surface area (Å²) in [6.07, 6.45) is -12.6. The van der Waals surface area contributed by atoms with Crippen LogP contribution in [0.15, 0.2) is 52.6 Å². The van der Waals surface area contributed by atoms with Gasteiger partial charge in [-0.3, -0.25) is 14.3 Å². The van der Waals surface area contributed by atoms with E-state index in [9.17, 15) is 53.5 Å². The number of benzene rings is 1. The Hall–Kier alpha value is -4.55. The molecular formula is C25H18F10N6O3. The van der Waals surface area contributed by atoms with Gasteiger partial charge in [-0.15, -0.1) is 13.2 Å². The summed E-state index contributed by atoms with van der Waals surface area (Å²) >= 11 is 0.